The van der Waals surface area contributed by atoms with Gasteiger partial charge in [-0.3, -0.25) is 0 Å². The van der Waals surface area contributed by atoms with Crippen molar-refractivity contribution in [1.29, 1.82) is 5.26 Å². The van der Waals surface area contributed by atoms with E-state index in [0.717, 1.165) is 19.5 Å². The summed E-state index contributed by atoms with van der Waals surface area (Å²) in [4.78, 5) is 2.22. The molecule has 1 rings (SSSR count). The second-order valence-electron chi connectivity index (χ2n) is 2.73. The van der Waals surface area contributed by atoms with Gasteiger partial charge in [-0.05, 0) is 26.4 Å². The van der Waals surface area contributed by atoms with E-state index < -0.39 is 0 Å². The van der Waals surface area contributed by atoms with Gasteiger partial charge >= 0.3 is 0 Å². The van der Waals surface area contributed by atoms with Gasteiger partial charge in [-0.1, -0.05) is 0 Å². The second-order valence-corrected chi connectivity index (χ2v) is 2.73. The Hall–Kier alpha value is -0.550. The van der Waals surface area contributed by atoms with E-state index >= 15 is 0 Å². The van der Waals surface area contributed by atoms with Crippen LogP contribution in [0.2, 0.25) is 0 Å². The van der Waals surface area contributed by atoms with Gasteiger partial charge in [-0.25, -0.2) is 0 Å². The first-order chi connectivity index (χ1) is 4.33. The molecule has 0 aromatic heterocycles. The maximum Gasteiger partial charge on any atom is 0.0669 e. The molecule has 0 bridgehead atoms. The molecule has 1 heterocycles. The minimum Gasteiger partial charge on any atom is -0.305 e. The molecule has 0 N–H and O–H groups in total. The van der Waals surface area contributed by atoms with Crippen LogP contribution in [0.5, 0.6) is 0 Å². The van der Waals surface area contributed by atoms with Crippen LogP contribution in [0.15, 0.2) is 0 Å². The van der Waals surface area contributed by atoms with Gasteiger partial charge in [0.25, 0.3) is 0 Å². The van der Waals surface area contributed by atoms with E-state index in [-0.39, 0.29) is 0 Å². The molecular weight excluding hydrogens is 112 g/mol. The molecule has 0 unspecified atom stereocenters. The van der Waals surface area contributed by atoms with Crippen LogP contribution in [0.3, 0.4) is 0 Å². The third-order valence-electron chi connectivity index (χ3n) is 1.81. The van der Waals surface area contributed by atoms with Gasteiger partial charge in [0.05, 0.1) is 12.0 Å². The highest BCUT2D eigenvalue weighted by Gasteiger charge is 2.15. The minimum absolute atomic E-state index is 0.295. The van der Waals surface area contributed by atoms with Gasteiger partial charge in [0.15, 0.2) is 0 Å². The van der Waals surface area contributed by atoms with Crippen LogP contribution in [0, 0.1) is 17.2 Å². The molecular formula is C7H12N2. The molecule has 1 aliphatic heterocycles. The molecule has 1 fully saturated rings. The number of hydrogen-bond donors (Lipinski definition) is 0. The minimum atomic E-state index is 0.295. The lowest BCUT2D eigenvalue weighted by Gasteiger charge is -2.24. The molecule has 2 heteroatoms. The fraction of sp³-hybridized carbons (Fsp3) is 0.857. The van der Waals surface area contributed by atoms with Crippen LogP contribution in [0.25, 0.3) is 0 Å². The molecule has 50 valence electrons. The third-order valence-corrected chi connectivity index (χ3v) is 1.81. The van der Waals surface area contributed by atoms with Crippen LogP contribution in [-0.4, -0.2) is 25.0 Å². The largest absolute Gasteiger partial charge is 0.305 e. The molecule has 0 aromatic rings. The Balaban J connectivity index is 2.34. The van der Waals surface area contributed by atoms with Gasteiger partial charge in [-0.2, -0.15) is 5.26 Å². The monoisotopic (exact) mass is 124 g/mol. The highest BCUT2D eigenvalue weighted by molar-refractivity contribution is 4.87. The van der Waals surface area contributed by atoms with E-state index in [0.29, 0.717) is 5.92 Å². The summed E-state index contributed by atoms with van der Waals surface area (Å²) in [5, 5.41) is 8.53. The summed E-state index contributed by atoms with van der Waals surface area (Å²) in [5.74, 6) is 0.295. The van der Waals surface area contributed by atoms with Crippen LogP contribution in [0.4, 0.5) is 0 Å². The number of rotatable bonds is 0. The zero-order valence-electron chi connectivity index (χ0n) is 5.80. The lowest BCUT2D eigenvalue weighted by molar-refractivity contribution is 0.241. The lowest BCUT2D eigenvalue weighted by atomic mass is 10.0. The van der Waals surface area contributed by atoms with E-state index in [9.17, 15) is 0 Å². The summed E-state index contributed by atoms with van der Waals surface area (Å²) in [6, 6.07) is 2.29. The average molecular weight is 124 g/mol. The van der Waals surface area contributed by atoms with Crippen molar-refractivity contribution >= 4 is 0 Å². The van der Waals surface area contributed by atoms with Gasteiger partial charge in [0, 0.05) is 6.54 Å². The Labute approximate surface area is 56.1 Å². The van der Waals surface area contributed by atoms with Crippen molar-refractivity contribution in [2.45, 2.75) is 12.8 Å². The summed E-state index contributed by atoms with van der Waals surface area (Å²) in [6.45, 7) is 2.13. The smallest absolute Gasteiger partial charge is 0.0669 e. The SMILES string of the molecule is CN1CCC[C@@H](C#N)C1. The summed E-state index contributed by atoms with van der Waals surface area (Å²) in [6.07, 6.45) is 2.29. The molecule has 1 aliphatic rings. The molecule has 0 aliphatic carbocycles. The summed E-state index contributed by atoms with van der Waals surface area (Å²) in [5.41, 5.74) is 0. The quantitative estimate of drug-likeness (QED) is 0.478. The zero-order valence-corrected chi connectivity index (χ0v) is 5.80. The molecule has 1 atom stereocenters. The molecule has 0 spiro atoms. The van der Waals surface area contributed by atoms with Gasteiger partial charge in [-0.15, -0.1) is 0 Å². The van der Waals surface area contributed by atoms with Crippen molar-refractivity contribution in [3.63, 3.8) is 0 Å². The number of likely N-dealkylation sites (tertiary alicyclic amines) is 1. The zero-order chi connectivity index (χ0) is 6.69. The Morgan fingerprint density at radius 3 is 2.89 bits per heavy atom. The Kier molecular flexibility index (Phi) is 2.07. The first kappa shape index (κ1) is 6.57. The third kappa shape index (κ3) is 1.69. The van der Waals surface area contributed by atoms with E-state index in [1.54, 1.807) is 0 Å². The molecule has 0 radical (unpaired) electrons. The number of hydrogen-bond acceptors (Lipinski definition) is 2. The lowest BCUT2D eigenvalue weighted by Crippen LogP contribution is -2.31. The average Bonchev–Trinajstić information content (AvgIpc) is 1.88. The molecule has 0 aromatic carbocycles. The highest BCUT2D eigenvalue weighted by atomic mass is 15.1. The molecule has 0 amide bonds. The van der Waals surface area contributed by atoms with Crippen molar-refractivity contribution in [3.8, 4) is 6.07 Å². The van der Waals surface area contributed by atoms with Crippen LogP contribution >= 0.6 is 0 Å². The van der Waals surface area contributed by atoms with Crippen LogP contribution in [-0.2, 0) is 0 Å². The molecule has 9 heavy (non-hydrogen) atoms. The fourth-order valence-corrected chi connectivity index (χ4v) is 1.27. The van der Waals surface area contributed by atoms with Crippen molar-refractivity contribution in [1.82, 2.24) is 4.90 Å². The maximum absolute atomic E-state index is 8.53. The van der Waals surface area contributed by atoms with Crippen LogP contribution in [0.1, 0.15) is 12.8 Å². The second kappa shape index (κ2) is 2.84. The van der Waals surface area contributed by atoms with Crippen molar-refractivity contribution in [2.75, 3.05) is 20.1 Å². The number of piperidine rings is 1. The van der Waals surface area contributed by atoms with Crippen molar-refractivity contribution in [3.05, 3.63) is 0 Å². The Morgan fingerprint density at radius 1 is 1.67 bits per heavy atom. The number of nitrogens with zero attached hydrogens (tertiary/aromatic N) is 2. The first-order valence-corrected chi connectivity index (χ1v) is 3.41. The topological polar surface area (TPSA) is 27.0 Å². The predicted molar refractivity (Wildman–Crippen MR) is 35.8 cm³/mol. The summed E-state index contributed by atoms with van der Waals surface area (Å²) < 4.78 is 0. The Bertz CT molecular complexity index is 125. The van der Waals surface area contributed by atoms with Crippen molar-refractivity contribution < 1.29 is 0 Å². The first-order valence-electron chi connectivity index (χ1n) is 3.41. The molecule has 0 saturated carbocycles. The summed E-state index contributed by atoms with van der Waals surface area (Å²) >= 11 is 0. The van der Waals surface area contributed by atoms with E-state index in [1.165, 1.54) is 6.42 Å². The van der Waals surface area contributed by atoms with Crippen molar-refractivity contribution in [2.24, 2.45) is 5.92 Å². The highest BCUT2D eigenvalue weighted by Crippen LogP contribution is 2.12. The van der Waals surface area contributed by atoms with Gasteiger partial charge in [0.1, 0.15) is 0 Å². The van der Waals surface area contributed by atoms with Crippen LogP contribution < -0.4 is 0 Å². The fourth-order valence-electron chi connectivity index (χ4n) is 1.27. The van der Waals surface area contributed by atoms with Gasteiger partial charge < -0.3 is 4.90 Å². The number of nitriles is 1. The van der Waals surface area contributed by atoms with E-state index in [4.69, 9.17) is 5.26 Å². The Morgan fingerprint density at radius 2 is 2.44 bits per heavy atom. The maximum atomic E-state index is 8.53. The predicted octanol–water partition coefficient (Wildman–Crippen LogP) is 0.852. The molecule has 1 saturated heterocycles. The van der Waals surface area contributed by atoms with E-state index in [1.807, 2.05) is 0 Å². The normalized spacial score (nSPS) is 29.6. The van der Waals surface area contributed by atoms with Gasteiger partial charge in [0.2, 0.25) is 0 Å². The van der Waals surface area contributed by atoms with E-state index in [2.05, 4.69) is 18.0 Å². The molecule has 2 nitrogen and oxygen atoms in total. The summed E-state index contributed by atoms with van der Waals surface area (Å²) in [7, 11) is 2.07. The standard InChI is InChI=1S/C7H12N2/c1-9-4-2-3-7(5-8)6-9/h7H,2-4,6H2,1H3/t7-/m0/s1.